The fourth-order valence-corrected chi connectivity index (χ4v) is 2.41. The minimum atomic E-state index is -0.0790. The van der Waals surface area contributed by atoms with Gasteiger partial charge in [-0.3, -0.25) is 4.79 Å². The summed E-state index contributed by atoms with van der Waals surface area (Å²) in [6.45, 7) is 1.22. The van der Waals surface area contributed by atoms with Crippen LogP contribution in [0.15, 0.2) is 42.5 Å². The van der Waals surface area contributed by atoms with Crippen LogP contribution in [0.2, 0.25) is 0 Å². The summed E-state index contributed by atoms with van der Waals surface area (Å²) in [5.41, 5.74) is 1.95. The fourth-order valence-electron chi connectivity index (χ4n) is 2.41. The second-order valence-corrected chi connectivity index (χ2v) is 5.38. The molecule has 2 aromatic rings. The van der Waals surface area contributed by atoms with E-state index in [0.717, 1.165) is 16.9 Å². The van der Waals surface area contributed by atoms with E-state index in [9.17, 15) is 4.79 Å². The Balaban J connectivity index is 1.79. The van der Waals surface area contributed by atoms with Gasteiger partial charge in [0.1, 0.15) is 5.75 Å². The number of benzene rings is 2. The van der Waals surface area contributed by atoms with Gasteiger partial charge in [0.25, 0.3) is 0 Å². The van der Waals surface area contributed by atoms with Crippen LogP contribution in [-0.4, -0.2) is 33.8 Å². The third-order valence-electron chi connectivity index (χ3n) is 3.73. The Morgan fingerprint density at radius 1 is 0.880 bits per heavy atom. The number of hydrogen-bond acceptors (Lipinski definition) is 5. The lowest BCUT2D eigenvalue weighted by Crippen LogP contribution is -2.33. The van der Waals surface area contributed by atoms with Crippen LogP contribution in [0.3, 0.4) is 0 Å². The molecule has 0 radical (unpaired) electrons. The van der Waals surface area contributed by atoms with Crippen molar-refractivity contribution in [2.45, 2.75) is 13.1 Å². The van der Waals surface area contributed by atoms with E-state index < -0.39 is 0 Å². The summed E-state index contributed by atoms with van der Waals surface area (Å²) in [5, 5.41) is 5.99. The third kappa shape index (κ3) is 5.39. The van der Waals surface area contributed by atoms with Crippen molar-refractivity contribution in [1.82, 2.24) is 10.6 Å². The van der Waals surface area contributed by atoms with Gasteiger partial charge in [-0.1, -0.05) is 24.3 Å². The zero-order valence-electron chi connectivity index (χ0n) is 14.8. The van der Waals surface area contributed by atoms with E-state index in [0.29, 0.717) is 24.6 Å². The molecule has 0 saturated carbocycles. The van der Waals surface area contributed by atoms with Crippen LogP contribution in [0.1, 0.15) is 11.1 Å². The summed E-state index contributed by atoms with van der Waals surface area (Å²) < 4.78 is 15.7. The Morgan fingerprint density at radius 2 is 1.60 bits per heavy atom. The molecule has 2 N–H and O–H groups in total. The van der Waals surface area contributed by atoms with Crippen LogP contribution in [-0.2, 0) is 17.9 Å². The smallest absolute Gasteiger partial charge is 0.234 e. The number of hydrogen-bond donors (Lipinski definition) is 2. The topological polar surface area (TPSA) is 68.8 Å². The standard InChI is InChI=1S/C19H24N2O4/c1-23-16-7-5-4-6-15(16)12-20-13-19(22)21-11-14-8-9-17(24-2)18(10-14)25-3/h4-10,20H,11-13H2,1-3H3,(H,21,22). The first-order valence-electron chi connectivity index (χ1n) is 7.98. The van der Waals surface area contributed by atoms with Crippen LogP contribution in [0.25, 0.3) is 0 Å². The maximum absolute atomic E-state index is 12.0. The minimum Gasteiger partial charge on any atom is -0.496 e. The normalized spacial score (nSPS) is 10.2. The van der Waals surface area contributed by atoms with Crippen molar-refractivity contribution in [3.63, 3.8) is 0 Å². The van der Waals surface area contributed by atoms with Gasteiger partial charge in [0.2, 0.25) is 5.91 Å². The first kappa shape index (κ1) is 18.6. The predicted molar refractivity (Wildman–Crippen MR) is 96.1 cm³/mol. The van der Waals surface area contributed by atoms with E-state index in [4.69, 9.17) is 14.2 Å². The van der Waals surface area contributed by atoms with Crippen molar-refractivity contribution >= 4 is 5.91 Å². The summed E-state index contributed by atoms with van der Waals surface area (Å²) in [4.78, 5) is 12.0. The van der Waals surface area contributed by atoms with Crippen LogP contribution in [0.4, 0.5) is 0 Å². The molecule has 0 fully saturated rings. The molecule has 0 bridgehead atoms. The molecule has 2 aromatic carbocycles. The van der Waals surface area contributed by atoms with Gasteiger partial charge in [-0.25, -0.2) is 0 Å². The van der Waals surface area contributed by atoms with Crippen LogP contribution in [0.5, 0.6) is 17.2 Å². The molecule has 0 aliphatic rings. The molecule has 0 spiro atoms. The molecular weight excluding hydrogens is 320 g/mol. The van der Waals surface area contributed by atoms with E-state index >= 15 is 0 Å². The molecule has 6 heteroatoms. The van der Waals surface area contributed by atoms with E-state index in [-0.39, 0.29) is 12.5 Å². The molecule has 0 aliphatic heterocycles. The molecule has 0 atom stereocenters. The molecule has 0 aromatic heterocycles. The Hall–Kier alpha value is -2.73. The molecule has 0 heterocycles. The van der Waals surface area contributed by atoms with Crippen LogP contribution >= 0.6 is 0 Å². The highest BCUT2D eigenvalue weighted by atomic mass is 16.5. The van der Waals surface area contributed by atoms with Crippen LogP contribution in [0, 0.1) is 0 Å². The minimum absolute atomic E-state index is 0.0790. The van der Waals surface area contributed by atoms with E-state index in [2.05, 4.69) is 10.6 Å². The molecule has 0 aliphatic carbocycles. The average Bonchev–Trinajstić information content (AvgIpc) is 2.66. The van der Waals surface area contributed by atoms with Gasteiger partial charge in [-0.05, 0) is 23.8 Å². The van der Waals surface area contributed by atoms with Crippen molar-refractivity contribution in [3.8, 4) is 17.2 Å². The van der Waals surface area contributed by atoms with Gasteiger partial charge in [0, 0.05) is 18.7 Å². The maximum atomic E-state index is 12.0. The van der Waals surface area contributed by atoms with Gasteiger partial charge >= 0.3 is 0 Å². The Kier molecular flexibility index (Phi) is 7.10. The molecule has 0 saturated heterocycles. The summed E-state index contributed by atoms with van der Waals surface area (Å²) in [6.07, 6.45) is 0. The summed E-state index contributed by atoms with van der Waals surface area (Å²) in [7, 11) is 4.81. The molecule has 1 amide bonds. The molecule has 2 rings (SSSR count). The second kappa shape index (κ2) is 9.54. The largest absolute Gasteiger partial charge is 0.496 e. The summed E-state index contributed by atoms with van der Waals surface area (Å²) >= 11 is 0. The summed E-state index contributed by atoms with van der Waals surface area (Å²) in [5.74, 6) is 2.03. The monoisotopic (exact) mass is 344 g/mol. The Bertz CT molecular complexity index is 704. The first-order valence-corrected chi connectivity index (χ1v) is 7.98. The van der Waals surface area contributed by atoms with Crippen molar-refractivity contribution in [2.75, 3.05) is 27.9 Å². The quantitative estimate of drug-likeness (QED) is 0.729. The van der Waals surface area contributed by atoms with Crippen molar-refractivity contribution in [2.24, 2.45) is 0 Å². The Labute approximate surface area is 148 Å². The predicted octanol–water partition coefficient (Wildman–Crippen LogP) is 2.12. The fraction of sp³-hybridized carbons (Fsp3) is 0.316. The number of amides is 1. The second-order valence-electron chi connectivity index (χ2n) is 5.38. The number of rotatable bonds is 9. The zero-order chi connectivity index (χ0) is 18.1. The molecular formula is C19H24N2O4. The lowest BCUT2D eigenvalue weighted by atomic mass is 10.2. The maximum Gasteiger partial charge on any atom is 0.234 e. The van der Waals surface area contributed by atoms with Crippen molar-refractivity contribution in [3.05, 3.63) is 53.6 Å². The van der Waals surface area contributed by atoms with Gasteiger partial charge in [-0.2, -0.15) is 0 Å². The number of para-hydroxylation sites is 1. The van der Waals surface area contributed by atoms with Gasteiger partial charge in [0.05, 0.1) is 27.9 Å². The van der Waals surface area contributed by atoms with E-state index in [1.54, 1.807) is 21.3 Å². The van der Waals surface area contributed by atoms with Gasteiger partial charge in [-0.15, -0.1) is 0 Å². The number of carbonyl (C=O) groups excluding carboxylic acids is 1. The average molecular weight is 344 g/mol. The zero-order valence-corrected chi connectivity index (χ0v) is 14.8. The number of nitrogens with one attached hydrogen (secondary N) is 2. The number of carbonyl (C=O) groups is 1. The molecule has 134 valence electrons. The first-order chi connectivity index (χ1) is 12.2. The van der Waals surface area contributed by atoms with Crippen molar-refractivity contribution in [1.29, 1.82) is 0 Å². The Morgan fingerprint density at radius 3 is 2.32 bits per heavy atom. The van der Waals surface area contributed by atoms with E-state index in [1.165, 1.54) is 0 Å². The van der Waals surface area contributed by atoms with Crippen molar-refractivity contribution < 1.29 is 19.0 Å². The third-order valence-corrected chi connectivity index (χ3v) is 3.73. The van der Waals surface area contributed by atoms with E-state index in [1.807, 2.05) is 42.5 Å². The molecule has 25 heavy (non-hydrogen) atoms. The SMILES string of the molecule is COc1ccccc1CNCC(=O)NCc1ccc(OC)c(OC)c1. The highest BCUT2D eigenvalue weighted by molar-refractivity contribution is 5.78. The number of methoxy groups -OCH3 is 3. The van der Waals surface area contributed by atoms with Gasteiger partial charge in [0.15, 0.2) is 11.5 Å². The number of ether oxygens (including phenoxy) is 3. The highest BCUT2D eigenvalue weighted by Gasteiger charge is 2.07. The lowest BCUT2D eigenvalue weighted by molar-refractivity contribution is -0.120. The molecule has 6 nitrogen and oxygen atoms in total. The van der Waals surface area contributed by atoms with Gasteiger partial charge < -0.3 is 24.8 Å². The highest BCUT2D eigenvalue weighted by Crippen LogP contribution is 2.27. The summed E-state index contributed by atoms with van der Waals surface area (Å²) in [6, 6.07) is 13.3. The molecule has 0 unspecified atom stereocenters. The lowest BCUT2D eigenvalue weighted by Gasteiger charge is -2.11. The van der Waals surface area contributed by atoms with Crippen LogP contribution < -0.4 is 24.8 Å².